The van der Waals surface area contributed by atoms with Gasteiger partial charge in [0.05, 0.1) is 15.7 Å². The third-order valence-corrected chi connectivity index (χ3v) is 3.59. The number of nitrogen functional groups attached to an aromatic ring is 1. The summed E-state index contributed by atoms with van der Waals surface area (Å²) in [5.41, 5.74) is 8.17. The molecule has 0 saturated heterocycles. The van der Waals surface area contributed by atoms with Crippen LogP contribution in [-0.4, -0.2) is 5.78 Å². The van der Waals surface area contributed by atoms with Gasteiger partial charge >= 0.3 is 0 Å². The molecular formula is C15H13Cl2NO. The van der Waals surface area contributed by atoms with Gasteiger partial charge in [-0.2, -0.15) is 0 Å². The highest BCUT2D eigenvalue weighted by Gasteiger charge is 2.13. The summed E-state index contributed by atoms with van der Waals surface area (Å²) in [6.45, 7) is 2.07. The number of carbonyl (C=O) groups excluding carboxylic acids is 1. The minimum Gasteiger partial charge on any atom is -0.396 e. The topological polar surface area (TPSA) is 43.1 Å². The minimum absolute atomic E-state index is 0.119. The van der Waals surface area contributed by atoms with E-state index in [2.05, 4.69) is 6.92 Å². The summed E-state index contributed by atoms with van der Waals surface area (Å²) in [5.74, 6) is -0.119. The van der Waals surface area contributed by atoms with Crippen LogP contribution in [-0.2, 0) is 6.42 Å². The molecule has 2 aromatic carbocycles. The molecule has 19 heavy (non-hydrogen) atoms. The molecule has 0 aliphatic carbocycles. The molecule has 0 heterocycles. The Balaban J connectivity index is 2.38. The fourth-order valence-electron chi connectivity index (χ4n) is 1.77. The number of carbonyl (C=O) groups is 1. The van der Waals surface area contributed by atoms with Gasteiger partial charge < -0.3 is 5.73 Å². The summed E-state index contributed by atoms with van der Waals surface area (Å²) >= 11 is 11.9. The normalized spacial score (nSPS) is 10.5. The van der Waals surface area contributed by atoms with Crippen LogP contribution in [0.1, 0.15) is 28.4 Å². The number of ketones is 1. The Hall–Kier alpha value is -1.51. The lowest BCUT2D eigenvalue weighted by Crippen LogP contribution is -2.02. The Kier molecular flexibility index (Phi) is 4.13. The van der Waals surface area contributed by atoms with E-state index in [-0.39, 0.29) is 5.78 Å². The molecule has 2 rings (SSSR count). The molecule has 0 atom stereocenters. The van der Waals surface area contributed by atoms with Crippen LogP contribution in [0.2, 0.25) is 10.0 Å². The first-order valence-corrected chi connectivity index (χ1v) is 6.66. The highest BCUT2D eigenvalue weighted by molar-refractivity contribution is 6.39. The van der Waals surface area contributed by atoms with E-state index in [9.17, 15) is 4.79 Å². The summed E-state index contributed by atoms with van der Waals surface area (Å²) < 4.78 is 0. The van der Waals surface area contributed by atoms with Crippen LogP contribution in [0.15, 0.2) is 36.4 Å². The van der Waals surface area contributed by atoms with E-state index in [4.69, 9.17) is 28.9 Å². The van der Waals surface area contributed by atoms with E-state index in [1.165, 1.54) is 5.56 Å². The number of hydrogen-bond acceptors (Lipinski definition) is 2. The van der Waals surface area contributed by atoms with Crippen LogP contribution < -0.4 is 5.73 Å². The first-order chi connectivity index (χ1) is 9.02. The van der Waals surface area contributed by atoms with Crippen molar-refractivity contribution < 1.29 is 4.79 Å². The van der Waals surface area contributed by atoms with E-state index in [1.807, 2.05) is 12.1 Å². The van der Waals surface area contributed by atoms with E-state index in [0.29, 0.717) is 26.9 Å². The van der Waals surface area contributed by atoms with Crippen LogP contribution in [0, 0.1) is 0 Å². The van der Waals surface area contributed by atoms with Gasteiger partial charge in [-0.25, -0.2) is 0 Å². The molecule has 4 heteroatoms. The van der Waals surface area contributed by atoms with Gasteiger partial charge in [0.1, 0.15) is 0 Å². The SMILES string of the molecule is CCc1ccc(C(=O)c2cc(Cl)c(N)c(Cl)c2)cc1. The maximum absolute atomic E-state index is 12.3. The molecule has 2 N–H and O–H groups in total. The molecule has 0 bridgehead atoms. The van der Waals surface area contributed by atoms with Crippen LogP contribution in [0.4, 0.5) is 5.69 Å². The third-order valence-electron chi connectivity index (χ3n) is 2.97. The molecule has 0 radical (unpaired) electrons. The highest BCUT2D eigenvalue weighted by Crippen LogP contribution is 2.29. The molecule has 98 valence electrons. The number of rotatable bonds is 3. The Morgan fingerprint density at radius 3 is 2.05 bits per heavy atom. The number of aryl methyl sites for hydroxylation is 1. The average Bonchev–Trinajstić information content (AvgIpc) is 2.43. The molecule has 0 unspecified atom stereocenters. The zero-order valence-electron chi connectivity index (χ0n) is 10.4. The maximum Gasteiger partial charge on any atom is 0.193 e. The van der Waals surface area contributed by atoms with Crippen molar-refractivity contribution in [3.05, 3.63) is 63.1 Å². The molecule has 0 saturated carbocycles. The number of hydrogen-bond donors (Lipinski definition) is 1. The smallest absolute Gasteiger partial charge is 0.193 e. The molecule has 0 aromatic heterocycles. The van der Waals surface area contributed by atoms with Crippen molar-refractivity contribution in [1.82, 2.24) is 0 Å². The summed E-state index contributed by atoms with van der Waals surface area (Å²) in [7, 11) is 0. The van der Waals surface area contributed by atoms with Gasteiger partial charge in [-0.15, -0.1) is 0 Å². The van der Waals surface area contributed by atoms with Crippen molar-refractivity contribution in [2.75, 3.05) is 5.73 Å². The van der Waals surface area contributed by atoms with Gasteiger partial charge in [0.15, 0.2) is 5.78 Å². The second-order valence-electron chi connectivity index (χ2n) is 4.23. The third kappa shape index (κ3) is 2.91. The zero-order chi connectivity index (χ0) is 14.0. The number of halogens is 2. The molecule has 0 aliphatic heterocycles. The first kappa shape index (κ1) is 13.9. The van der Waals surface area contributed by atoms with Crippen molar-refractivity contribution >= 4 is 34.7 Å². The maximum atomic E-state index is 12.3. The largest absolute Gasteiger partial charge is 0.396 e. The van der Waals surface area contributed by atoms with Crippen molar-refractivity contribution in [3.8, 4) is 0 Å². The molecule has 0 amide bonds. The quantitative estimate of drug-likeness (QED) is 0.674. The van der Waals surface area contributed by atoms with Crippen LogP contribution in [0.3, 0.4) is 0 Å². The number of anilines is 1. The molecule has 2 nitrogen and oxygen atoms in total. The summed E-state index contributed by atoms with van der Waals surface area (Å²) in [4.78, 5) is 12.3. The Labute approximate surface area is 122 Å². The molecule has 0 aliphatic rings. The van der Waals surface area contributed by atoms with Gasteiger partial charge in [0.2, 0.25) is 0 Å². The van der Waals surface area contributed by atoms with Gasteiger partial charge in [-0.3, -0.25) is 4.79 Å². The minimum atomic E-state index is -0.119. The van der Waals surface area contributed by atoms with Crippen molar-refractivity contribution in [2.24, 2.45) is 0 Å². The second kappa shape index (κ2) is 5.64. The number of benzene rings is 2. The Bertz CT molecular complexity index is 598. The zero-order valence-corrected chi connectivity index (χ0v) is 11.9. The van der Waals surface area contributed by atoms with E-state index >= 15 is 0 Å². The predicted octanol–water partition coefficient (Wildman–Crippen LogP) is 4.37. The number of nitrogens with two attached hydrogens (primary N) is 1. The van der Waals surface area contributed by atoms with Crippen LogP contribution in [0.5, 0.6) is 0 Å². The van der Waals surface area contributed by atoms with Crippen LogP contribution >= 0.6 is 23.2 Å². The van der Waals surface area contributed by atoms with Crippen LogP contribution in [0.25, 0.3) is 0 Å². The van der Waals surface area contributed by atoms with E-state index in [1.54, 1.807) is 24.3 Å². The molecule has 0 spiro atoms. The van der Waals surface area contributed by atoms with E-state index in [0.717, 1.165) is 6.42 Å². The monoisotopic (exact) mass is 293 g/mol. The Morgan fingerprint density at radius 1 is 1.05 bits per heavy atom. The lowest BCUT2D eigenvalue weighted by molar-refractivity contribution is 0.103. The van der Waals surface area contributed by atoms with Gasteiger partial charge in [0, 0.05) is 11.1 Å². The standard InChI is InChI=1S/C15H13Cl2NO/c1-2-9-3-5-10(6-4-9)15(19)11-7-12(16)14(18)13(17)8-11/h3-8H,2,18H2,1H3. The second-order valence-corrected chi connectivity index (χ2v) is 5.05. The fourth-order valence-corrected chi connectivity index (χ4v) is 2.26. The van der Waals surface area contributed by atoms with Crippen molar-refractivity contribution in [2.45, 2.75) is 13.3 Å². The molecule has 0 fully saturated rings. The summed E-state index contributed by atoms with van der Waals surface area (Å²) in [6.07, 6.45) is 0.938. The van der Waals surface area contributed by atoms with Gasteiger partial charge in [-0.05, 0) is 24.1 Å². The van der Waals surface area contributed by atoms with Crippen molar-refractivity contribution in [1.29, 1.82) is 0 Å². The van der Waals surface area contributed by atoms with Gasteiger partial charge in [-0.1, -0.05) is 54.4 Å². The predicted molar refractivity (Wildman–Crippen MR) is 80.1 cm³/mol. The van der Waals surface area contributed by atoms with Crippen molar-refractivity contribution in [3.63, 3.8) is 0 Å². The fraction of sp³-hybridized carbons (Fsp3) is 0.133. The first-order valence-electron chi connectivity index (χ1n) is 5.91. The molecule has 2 aromatic rings. The summed E-state index contributed by atoms with van der Waals surface area (Å²) in [5, 5.41) is 0.585. The van der Waals surface area contributed by atoms with E-state index < -0.39 is 0 Å². The lowest BCUT2D eigenvalue weighted by atomic mass is 10.0. The average molecular weight is 294 g/mol. The molecular weight excluding hydrogens is 281 g/mol. The summed E-state index contributed by atoms with van der Waals surface area (Å²) in [6, 6.07) is 10.6. The van der Waals surface area contributed by atoms with Gasteiger partial charge in [0.25, 0.3) is 0 Å². The highest BCUT2D eigenvalue weighted by atomic mass is 35.5. The lowest BCUT2D eigenvalue weighted by Gasteiger charge is -2.06. The Morgan fingerprint density at radius 2 is 1.58 bits per heavy atom.